The lowest BCUT2D eigenvalue weighted by molar-refractivity contribution is 0.00717. The Kier molecular flexibility index (Phi) is 5.13. The van der Waals surface area contributed by atoms with Gasteiger partial charge in [-0.3, -0.25) is 0 Å². The minimum absolute atomic E-state index is 0.287. The molecule has 0 spiro atoms. The molecule has 0 aromatic rings. The molecule has 0 rings (SSSR count). The molecule has 3 nitrogen and oxygen atoms in total. The van der Waals surface area contributed by atoms with Crippen LogP contribution < -0.4 is 0 Å². The number of aliphatic hydroxyl groups is 1. The van der Waals surface area contributed by atoms with Crippen LogP contribution in [0.5, 0.6) is 0 Å². The minimum atomic E-state index is -0.580. The molecule has 0 heterocycles. The molecule has 3 heteroatoms. The molecule has 0 saturated carbocycles. The molecule has 84 valence electrons. The third-order valence-electron chi connectivity index (χ3n) is 2.61. The quantitative estimate of drug-likeness (QED) is 0.545. The average Bonchev–Trinajstić information content (AvgIpc) is 1.99. The summed E-state index contributed by atoms with van der Waals surface area (Å²) in [6.07, 6.45) is 1.62. The van der Waals surface area contributed by atoms with Gasteiger partial charge in [0.05, 0.1) is 5.60 Å². The summed E-state index contributed by atoms with van der Waals surface area (Å²) in [5.74, 6) is 0.287. The van der Waals surface area contributed by atoms with E-state index in [4.69, 9.17) is 0 Å². The van der Waals surface area contributed by atoms with E-state index in [9.17, 15) is 5.11 Å². The second-order valence-corrected chi connectivity index (χ2v) is 4.69. The highest BCUT2D eigenvalue weighted by Gasteiger charge is 2.24. The normalized spacial score (nSPS) is 17.0. The summed E-state index contributed by atoms with van der Waals surface area (Å²) in [6, 6.07) is 0. The lowest BCUT2D eigenvalue weighted by Gasteiger charge is -2.27. The van der Waals surface area contributed by atoms with Crippen LogP contribution in [0.3, 0.4) is 0 Å². The fraction of sp³-hybridized carbons (Fsp3) is 0.909. The van der Waals surface area contributed by atoms with Gasteiger partial charge in [-0.05, 0) is 32.6 Å². The fourth-order valence-corrected chi connectivity index (χ4v) is 1.11. The molecule has 0 aliphatic rings. The van der Waals surface area contributed by atoms with Gasteiger partial charge in [0.25, 0.3) is 0 Å². The Morgan fingerprint density at radius 2 is 1.93 bits per heavy atom. The van der Waals surface area contributed by atoms with Crippen molar-refractivity contribution in [2.24, 2.45) is 11.0 Å². The maximum atomic E-state index is 10.0. The van der Waals surface area contributed by atoms with Gasteiger partial charge >= 0.3 is 0 Å². The predicted octanol–water partition coefficient (Wildman–Crippen LogP) is 2.11. The Hall–Kier alpha value is -0.570. The van der Waals surface area contributed by atoms with Gasteiger partial charge in [0.15, 0.2) is 0 Å². The molecule has 0 aromatic heterocycles. The van der Waals surface area contributed by atoms with E-state index >= 15 is 0 Å². The molecular weight excluding hydrogens is 176 g/mol. The first-order valence-electron chi connectivity index (χ1n) is 5.19. The summed E-state index contributed by atoms with van der Waals surface area (Å²) in [4.78, 5) is 0. The van der Waals surface area contributed by atoms with Gasteiger partial charge in [-0.15, -0.1) is 0 Å². The van der Waals surface area contributed by atoms with Gasteiger partial charge in [0, 0.05) is 19.8 Å². The molecule has 14 heavy (non-hydrogen) atoms. The Bertz CT molecular complexity index is 195. The predicted molar refractivity (Wildman–Crippen MR) is 61.5 cm³/mol. The molecule has 0 saturated heterocycles. The summed E-state index contributed by atoms with van der Waals surface area (Å²) < 4.78 is 0. The van der Waals surface area contributed by atoms with Gasteiger partial charge < -0.3 is 10.1 Å². The van der Waals surface area contributed by atoms with Crippen LogP contribution in [0, 0.1) is 5.92 Å². The largest absolute Gasteiger partial charge is 0.390 e. The highest BCUT2D eigenvalue weighted by atomic mass is 16.3. The van der Waals surface area contributed by atoms with Crippen LogP contribution in [0.15, 0.2) is 5.10 Å². The molecule has 0 fully saturated rings. The first-order valence-corrected chi connectivity index (χ1v) is 5.19. The average molecular weight is 200 g/mol. The maximum absolute atomic E-state index is 10.0. The van der Waals surface area contributed by atoms with E-state index < -0.39 is 5.60 Å². The summed E-state index contributed by atoms with van der Waals surface area (Å²) in [5, 5.41) is 16.1. The van der Waals surface area contributed by atoms with E-state index in [2.05, 4.69) is 5.10 Å². The van der Waals surface area contributed by atoms with Crippen LogP contribution in [0.25, 0.3) is 0 Å². The molecule has 0 bridgehead atoms. The molecule has 0 radical (unpaired) electrons. The number of nitrogens with zero attached hydrogens (tertiary/aromatic N) is 2. The minimum Gasteiger partial charge on any atom is -0.390 e. The first kappa shape index (κ1) is 13.4. The van der Waals surface area contributed by atoms with Gasteiger partial charge in [-0.1, -0.05) is 13.8 Å². The highest BCUT2D eigenvalue weighted by Crippen LogP contribution is 2.22. The second-order valence-electron chi connectivity index (χ2n) is 4.69. The third-order valence-corrected chi connectivity index (χ3v) is 2.61. The van der Waals surface area contributed by atoms with Crippen LogP contribution in [0.2, 0.25) is 0 Å². The van der Waals surface area contributed by atoms with Crippen LogP contribution in [0.4, 0.5) is 0 Å². The van der Waals surface area contributed by atoms with Gasteiger partial charge in [0.2, 0.25) is 0 Å². The maximum Gasteiger partial charge on any atom is 0.0646 e. The Morgan fingerprint density at radius 1 is 1.43 bits per heavy atom. The monoisotopic (exact) mass is 200 g/mol. The number of rotatable bonds is 5. The molecule has 0 aliphatic carbocycles. The van der Waals surface area contributed by atoms with E-state index in [1.165, 1.54) is 0 Å². The van der Waals surface area contributed by atoms with Crippen molar-refractivity contribution in [1.82, 2.24) is 5.01 Å². The van der Waals surface area contributed by atoms with Crippen LogP contribution in [0.1, 0.15) is 40.5 Å². The Morgan fingerprint density at radius 3 is 2.29 bits per heavy atom. The third kappa shape index (κ3) is 5.22. The van der Waals surface area contributed by atoms with Crippen molar-refractivity contribution >= 4 is 5.71 Å². The fourth-order valence-electron chi connectivity index (χ4n) is 1.11. The van der Waals surface area contributed by atoms with E-state index in [1.54, 1.807) is 5.01 Å². The standard InChI is InChI=1S/C11H24N2O/c1-9(2)11(4,14)8-7-10(3)12-13(5)6/h9,14H,7-8H2,1-6H3/b12-10+. The van der Waals surface area contributed by atoms with Crippen molar-refractivity contribution < 1.29 is 5.11 Å². The zero-order valence-electron chi connectivity index (χ0n) is 10.3. The van der Waals surface area contributed by atoms with E-state index in [-0.39, 0.29) is 5.92 Å². The first-order chi connectivity index (χ1) is 6.25. The summed E-state index contributed by atoms with van der Waals surface area (Å²) in [6.45, 7) is 7.97. The van der Waals surface area contributed by atoms with Crippen molar-refractivity contribution in [2.75, 3.05) is 14.1 Å². The smallest absolute Gasteiger partial charge is 0.0646 e. The van der Waals surface area contributed by atoms with Crippen molar-refractivity contribution in [1.29, 1.82) is 0 Å². The lowest BCUT2D eigenvalue weighted by atomic mass is 9.87. The van der Waals surface area contributed by atoms with Crippen molar-refractivity contribution in [3.05, 3.63) is 0 Å². The van der Waals surface area contributed by atoms with Gasteiger partial charge in [-0.2, -0.15) is 5.10 Å². The number of hydrogen-bond acceptors (Lipinski definition) is 3. The van der Waals surface area contributed by atoms with E-state index in [1.807, 2.05) is 41.8 Å². The Balaban J connectivity index is 4.06. The van der Waals surface area contributed by atoms with Crippen molar-refractivity contribution in [2.45, 2.75) is 46.1 Å². The SMILES string of the molecule is C/C(CCC(C)(O)C(C)C)=N\N(C)C. The molecule has 1 N–H and O–H groups in total. The molecule has 0 aromatic carbocycles. The zero-order valence-corrected chi connectivity index (χ0v) is 10.3. The van der Waals surface area contributed by atoms with E-state index in [0.29, 0.717) is 0 Å². The molecule has 0 aliphatic heterocycles. The van der Waals surface area contributed by atoms with Crippen molar-refractivity contribution in [3.63, 3.8) is 0 Å². The van der Waals surface area contributed by atoms with Crippen LogP contribution in [-0.2, 0) is 0 Å². The topological polar surface area (TPSA) is 35.8 Å². The van der Waals surface area contributed by atoms with Crippen LogP contribution >= 0.6 is 0 Å². The highest BCUT2D eigenvalue weighted by molar-refractivity contribution is 5.81. The van der Waals surface area contributed by atoms with Crippen LogP contribution in [-0.4, -0.2) is 35.5 Å². The lowest BCUT2D eigenvalue weighted by Crippen LogP contribution is -2.31. The van der Waals surface area contributed by atoms with E-state index in [0.717, 1.165) is 18.6 Å². The molecule has 1 unspecified atom stereocenters. The second kappa shape index (κ2) is 5.35. The number of hydrogen-bond donors (Lipinski definition) is 1. The van der Waals surface area contributed by atoms with Gasteiger partial charge in [0.1, 0.15) is 0 Å². The summed E-state index contributed by atoms with van der Waals surface area (Å²) in [5.41, 5.74) is 0.485. The Labute approximate surface area is 87.8 Å². The molecule has 0 amide bonds. The van der Waals surface area contributed by atoms with Gasteiger partial charge in [-0.25, -0.2) is 0 Å². The molecule has 1 atom stereocenters. The summed E-state index contributed by atoms with van der Waals surface area (Å²) >= 11 is 0. The zero-order chi connectivity index (χ0) is 11.4. The molecular formula is C11H24N2O. The number of hydrazone groups is 1. The van der Waals surface area contributed by atoms with Crippen molar-refractivity contribution in [3.8, 4) is 0 Å². The summed E-state index contributed by atoms with van der Waals surface area (Å²) in [7, 11) is 3.81.